The molecule has 0 spiro atoms. The summed E-state index contributed by atoms with van der Waals surface area (Å²) in [5.74, 6) is -0.119. The molecule has 0 atom stereocenters. The first-order valence-corrected chi connectivity index (χ1v) is 8.02. The smallest absolute Gasteiger partial charge is 0.254 e. The summed E-state index contributed by atoms with van der Waals surface area (Å²) in [5, 5.41) is 6.57. The minimum atomic E-state index is -3.71. The van der Waals surface area contributed by atoms with E-state index in [1.165, 1.54) is 6.07 Å². The second kappa shape index (κ2) is 4.32. The fraction of sp³-hybridized carbons (Fsp3) is 0.545. The first-order chi connectivity index (χ1) is 8.19. The minimum absolute atomic E-state index is 0.0318. The molecule has 1 aromatic rings. The van der Waals surface area contributed by atoms with Gasteiger partial charge in [-0.3, -0.25) is 4.79 Å². The molecule has 0 unspecified atom stereocenters. The molecule has 2 rings (SSSR count). The number of hydrogen-bond donors (Lipinski definition) is 1. The van der Waals surface area contributed by atoms with Crippen LogP contribution in [0.25, 0.3) is 0 Å². The van der Waals surface area contributed by atoms with Gasteiger partial charge in [-0.2, -0.15) is 0 Å². The van der Waals surface area contributed by atoms with Crippen molar-refractivity contribution >= 4 is 27.3 Å². The average molecular weight is 288 g/mol. The van der Waals surface area contributed by atoms with Gasteiger partial charge in [0.25, 0.3) is 5.91 Å². The molecule has 1 aliphatic rings. The van der Waals surface area contributed by atoms with E-state index in [0.29, 0.717) is 18.7 Å². The van der Waals surface area contributed by atoms with Gasteiger partial charge in [0.15, 0.2) is 0 Å². The second-order valence-electron chi connectivity index (χ2n) is 5.34. The van der Waals surface area contributed by atoms with Gasteiger partial charge in [-0.25, -0.2) is 13.6 Å². The number of rotatable bonds is 2. The van der Waals surface area contributed by atoms with Crippen molar-refractivity contribution in [2.75, 3.05) is 13.1 Å². The third-order valence-corrected chi connectivity index (χ3v) is 5.45. The lowest BCUT2D eigenvalue weighted by Gasteiger charge is -2.19. The molecule has 0 aliphatic carbocycles. The topological polar surface area (TPSA) is 80.5 Å². The Morgan fingerprint density at radius 3 is 2.61 bits per heavy atom. The molecule has 100 valence electrons. The molecule has 1 saturated heterocycles. The van der Waals surface area contributed by atoms with Crippen molar-refractivity contribution in [2.24, 2.45) is 10.6 Å². The second-order valence-corrected chi connectivity index (χ2v) is 8.04. The largest absolute Gasteiger partial charge is 0.338 e. The Hall–Kier alpha value is -0.920. The minimum Gasteiger partial charge on any atom is -0.338 e. The molecule has 2 heterocycles. The van der Waals surface area contributed by atoms with Crippen LogP contribution < -0.4 is 5.14 Å². The van der Waals surface area contributed by atoms with E-state index in [-0.39, 0.29) is 15.5 Å². The van der Waals surface area contributed by atoms with Crippen LogP contribution in [0.2, 0.25) is 0 Å². The van der Waals surface area contributed by atoms with Gasteiger partial charge in [-0.1, -0.05) is 13.8 Å². The number of amides is 1. The summed E-state index contributed by atoms with van der Waals surface area (Å²) in [6, 6.07) is 1.35. The summed E-state index contributed by atoms with van der Waals surface area (Å²) in [5.41, 5.74) is 0.538. The molecular formula is C11H16N2O3S2. The number of primary sulfonamides is 1. The number of sulfonamides is 1. The van der Waals surface area contributed by atoms with Crippen molar-refractivity contribution in [1.29, 1.82) is 0 Å². The zero-order valence-corrected chi connectivity index (χ0v) is 12.0. The molecule has 1 aliphatic heterocycles. The van der Waals surface area contributed by atoms with Crippen LogP contribution in [0, 0.1) is 5.41 Å². The molecule has 1 aromatic heterocycles. The summed E-state index contributed by atoms with van der Waals surface area (Å²) < 4.78 is 22.3. The highest BCUT2D eigenvalue weighted by molar-refractivity contribution is 7.91. The molecule has 1 fully saturated rings. The molecule has 2 N–H and O–H groups in total. The van der Waals surface area contributed by atoms with Crippen LogP contribution in [0.1, 0.15) is 30.6 Å². The molecule has 0 radical (unpaired) electrons. The third kappa shape index (κ3) is 2.73. The summed E-state index contributed by atoms with van der Waals surface area (Å²) >= 11 is 0.983. The molecule has 0 saturated carbocycles. The predicted molar refractivity (Wildman–Crippen MR) is 70.0 cm³/mol. The van der Waals surface area contributed by atoms with Crippen LogP contribution in [0.3, 0.4) is 0 Å². The zero-order valence-electron chi connectivity index (χ0n) is 10.3. The van der Waals surface area contributed by atoms with Crippen molar-refractivity contribution in [3.63, 3.8) is 0 Å². The van der Waals surface area contributed by atoms with Crippen molar-refractivity contribution < 1.29 is 13.2 Å². The Kier molecular flexibility index (Phi) is 3.25. The maximum atomic E-state index is 12.2. The lowest BCUT2D eigenvalue weighted by Crippen LogP contribution is -2.29. The lowest BCUT2D eigenvalue weighted by atomic mass is 9.93. The first-order valence-electron chi connectivity index (χ1n) is 5.60. The van der Waals surface area contributed by atoms with E-state index >= 15 is 0 Å². The van der Waals surface area contributed by atoms with Crippen molar-refractivity contribution in [2.45, 2.75) is 24.5 Å². The number of carbonyl (C=O) groups is 1. The lowest BCUT2D eigenvalue weighted by molar-refractivity contribution is 0.0778. The predicted octanol–water partition coefficient (Wildman–Crippen LogP) is 1.27. The Bertz CT molecular complexity index is 575. The normalized spacial score (nSPS) is 19.2. The highest BCUT2D eigenvalue weighted by Crippen LogP contribution is 2.30. The van der Waals surface area contributed by atoms with Gasteiger partial charge >= 0.3 is 0 Å². The van der Waals surface area contributed by atoms with E-state index in [9.17, 15) is 13.2 Å². The Morgan fingerprint density at radius 1 is 1.50 bits per heavy atom. The van der Waals surface area contributed by atoms with Crippen molar-refractivity contribution in [3.8, 4) is 0 Å². The number of nitrogens with zero attached hydrogens (tertiary/aromatic N) is 1. The highest BCUT2D eigenvalue weighted by Gasteiger charge is 2.32. The van der Waals surface area contributed by atoms with E-state index < -0.39 is 10.0 Å². The fourth-order valence-electron chi connectivity index (χ4n) is 2.05. The summed E-state index contributed by atoms with van der Waals surface area (Å²) in [6.07, 6.45) is 0.963. The number of likely N-dealkylation sites (tertiary alicyclic amines) is 1. The van der Waals surface area contributed by atoms with E-state index in [0.717, 1.165) is 17.8 Å². The van der Waals surface area contributed by atoms with Crippen LogP contribution >= 0.6 is 11.3 Å². The van der Waals surface area contributed by atoms with Crippen LogP contribution in [0.5, 0.6) is 0 Å². The summed E-state index contributed by atoms with van der Waals surface area (Å²) in [4.78, 5) is 13.9. The molecule has 0 aromatic carbocycles. The molecule has 5 nitrogen and oxygen atoms in total. The number of hydrogen-bond acceptors (Lipinski definition) is 4. The van der Waals surface area contributed by atoms with Gasteiger partial charge < -0.3 is 4.90 Å². The van der Waals surface area contributed by atoms with Crippen LogP contribution in [-0.4, -0.2) is 32.3 Å². The number of nitrogens with two attached hydrogens (primary N) is 1. The Balaban J connectivity index is 2.18. The summed E-state index contributed by atoms with van der Waals surface area (Å²) in [6.45, 7) is 5.64. The van der Waals surface area contributed by atoms with Gasteiger partial charge in [0.05, 0.1) is 5.56 Å². The van der Waals surface area contributed by atoms with Crippen LogP contribution in [0.15, 0.2) is 15.7 Å². The van der Waals surface area contributed by atoms with Gasteiger partial charge in [0, 0.05) is 18.5 Å². The van der Waals surface area contributed by atoms with E-state index in [1.54, 1.807) is 10.3 Å². The highest BCUT2D eigenvalue weighted by atomic mass is 32.2. The van der Waals surface area contributed by atoms with Crippen molar-refractivity contribution in [1.82, 2.24) is 4.90 Å². The third-order valence-electron chi connectivity index (χ3n) is 3.07. The van der Waals surface area contributed by atoms with Gasteiger partial charge in [-0.15, -0.1) is 11.3 Å². The van der Waals surface area contributed by atoms with Gasteiger partial charge in [0.1, 0.15) is 4.21 Å². The van der Waals surface area contributed by atoms with E-state index in [1.807, 2.05) is 0 Å². The molecule has 18 heavy (non-hydrogen) atoms. The average Bonchev–Trinajstić information content (AvgIpc) is 2.82. The zero-order chi connectivity index (χ0) is 13.6. The van der Waals surface area contributed by atoms with Gasteiger partial charge in [0.2, 0.25) is 10.0 Å². The SMILES string of the molecule is CC1(C)CCN(C(=O)c2csc(S(N)(=O)=O)c2)C1. The fourth-order valence-corrected chi connectivity index (χ4v) is 3.63. The maximum Gasteiger partial charge on any atom is 0.254 e. The first kappa shape index (κ1) is 13.5. The Morgan fingerprint density at radius 2 is 2.17 bits per heavy atom. The van der Waals surface area contributed by atoms with E-state index in [2.05, 4.69) is 13.8 Å². The molecular weight excluding hydrogens is 272 g/mol. The number of carbonyl (C=O) groups excluding carboxylic acids is 1. The van der Waals surface area contributed by atoms with Crippen LogP contribution in [0.4, 0.5) is 0 Å². The molecule has 1 amide bonds. The quantitative estimate of drug-likeness (QED) is 0.889. The Labute approximate surface area is 111 Å². The van der Waals surface area contributed by atoms with Gasteiger partial charge in [-0.05, 0) is 17.9 Å². The van der Waals surface area contributed by atoms with Crippen molar-refractivity contribution in [3.05, 3.63) is 17.0 Å². The standard InChI is InChI=1S/C11H16N2O3S2/c1-11(2)3-4-13(7-11)10(14)8-5-9(17-6-8)18(12,15)16/h5-6H,3-4,7H2,1-2H3,(H2,12,15,16). The molecule has 7 heteroatoms. The number of thiophene rings is 1. The van der Waals surface area contributed by atoms with Crippen LogP contribution in [-0.2, 0) is 10.0 Å². The maximum absolute atomic E-state index is 12.2. The summed E-state index contributed by atoms with van der Waals surface area (Å²) in [7, 11) is -3.71. The van der Waals surface area contributed by atoms with E-state index in [4.69, 9.17) is 5.14 Å². The molecule has 0 bridgehead atoms. The monoisotopic (exact) mass is 288 g/mol.